The highest BCUT2D eigenvalue weighted by molar-refractivity contribution is 7.20. The standard InChI is InChI=1S/C25H31N5O2S/c1-17(11-12-18-7-3-2-4-8-18)26-22(31)19-13-15-29(16-14-19)25-28-30-23(32)20-9-5-6-10-21(20)27-24(30)33-25/h2-4,7-8,17,19H,5-6,9-16H2,1H3,(H,26,31)/t17-/m1/s1. The first-order valence-corrected chi connectivity index (χ1v) is 12.9. The second kappa shape index (κ2) is 9.63. The lowest BCUT2D eigenvalue weighted by molar-refractivity contribution is -0.126. The number of amides is 1. The Hall–Kier alpha value is -2.74. The Morgan fingerprint density at radius 2 is 1.94 bits per heavy atom. The molecular weight excluding hydrogens is 434 g/mol. The molecule has 1 aliphatic heterocycles. The first-order valence-electron chi connectivity index (χ1n) is 12.1. The van der Waals surface area contributed by atoms with Gasteiger partial charge in [0.2, 0.25) is 16.0 Å². The maximum atomic E-state index is 12.9. The maximum absolute atomic E-state index is 12.9. The third-order valence-electron chi connectivity index (χ3n) is 6.90. The molecule has 0 spiro atoms. The molecule has 174 valence electrons. The lowest BCUT2D eigenvalue weighted by atomic mass is 9.95. The molecule has 2 aliphatic rings. The largest absolute Gasteiger partial charge is 0.353 e. The zero-order chi connectivity index (χ0) is 22.8. The molecule has 5 rings (SSSR count). The first-order chi connectivity index (χ1) is 16.1. The number of hydrogen-bond donors (Lipinski definition) is 1. The van der Waals surface area contributed by atoms with E-state index in [0.29, 0.717) is 4.96 Å². The number of rotatable bonds is 6. The molecule has 0 unspecified atom stereocenters. The van der Waals surface area contributed by atoms with Crippen molar-refractivity contribution in [3.63, 3.8) is 0 Å². The van der Waals surface area contributed by atoms with Gasteiger partial charge in [0.1, 0.15) is 0 Å². The van der Waals surface area contributed by atoms with E-state index in [1.165, 1.54) is 21.4 Å². The molecular formula is C25H31N5O2S. The summed E-state index contributed by atoms with van der Waals surface area (Å²) in [5.74, 6) is 0.188. The van der Waals surface area contributed by atoms with E-state index in [2.05, 4.69) is 46.5 Å². The van der Waals surface area contributed by atoms with Crippen molar-refractivity contribution < 1.29 is 4.79 Å². The maximum Gasteiger partial charge on any atom is 0.278 e. The van der Waals surface area contributed by atoms with E-state index < -0.39 is 0 Å². The molecule has 1 fully saturated rings. The van der Waals surface area contributed by atoms with Gasteiger partial charge in [0, 0.05) is 30.6 Å². The van der Waals surface area contributed by atoms with Crippen LogP contribution in [0.15, 0.2) is 35.1 Å². The number of nitrogens with one attached hydrogen (secondary N) is 1. The number of benzene rings is 1. The third-order valence-corrected chi connectivity index (χ3v) is 7.87. The second-order valence-corrected chi connectivity index (χ2v) is 10.3. The highest BCUT2D eigenvalue weighted by Crippen LogP contribution is 2.28. The minimum atomic E-state index is -0.00375. The van der Waals surface area contributed by atoms with Gasteiger partial charge in [-0.05, 0) is 63.9 Å². The number of fused-ring (bicyclic) bond motifs is 2. The first kappa shape index (κ1) is 22.1. The van der Waals surface area contributed by atoms with Crippen molar-refractivity contribution in [2.75, 3.05) is 18.0 Å². The molecule has 7 nitrogen and oxygen atoms in total. The van der Waals surface area contributed by atoms with Crippen molar-refractivity contribution in [1.29, 1.82) is 0 Å². The molecule has 3 heterocycles. The average Bonchev–Trinajstić information content (AvgIpc) is 3.28. The molecule has 1 atom stereocenters. The fourth-order valence-electron chi connectivity index (χ4n) is 4.88. The van der Waals surface area contributed by atoms with E-state index in [9.17, 15) is 9.59 Å². The molecule has 33 heavy (non-hydrogen) atoms. The van der Waals surface area contributed by atoms with Gasteiger partial charge in [-0.15, -0.1) is 5.10 Å². The zero-order valence-corrected chi connectivity index (χ0v) is 19.9. The number of hydrogen-bond acceptors (Lipinski definition) is 6. The SMILES string of the molecule is C[C@H](CCc1ccccc1)NC(=O)C1CCN(c2nn3c(=O)c4c(nc3s2)CCCC4)CC1. The van der Waals surface area contributed by atoms with Crippen LogP contribution in [-0.4, -0.2) is 39.6 Å². The molecule has 1 N–H and O–H groups in total. The van der Waals surface area contributed by atoms with E-state index in [0.717, 1.165) is 80.8 Å². The molecule has 1 aliphatic carbocycles. The predicted octanol–water partition coefficient (Wildman–Crippen LogP) is 3.38. The van der Waals surface area contributed by atoms with Gasteiger partial charge in [0.25, 0.3) is 5.56 Å². The Kier molecular flexibility index (Phi) is 6.44. The molecule has 1 amide bonds. The molecule has 8 heteroatoms. The van der Waals surface area contributed by atoms with Crippen LogP contribution in [0, 0.1) is 5.92 Å². The molecule has 1 aromatic carbocycles. The second-order valence-electron chi connectivity index (χ2n) is 9.32. The molecule has 1 saturated heterocycles. The van der Waals surface area contributed by atoms with Crippen LogP contribution in [0.5, 0.6) is 0 Å². The van der Waals surface area contributed by atoms with Crippen molar-refractivity contribution in [3.05, 3.63) is 57.5 Å². The lowest BCUT2D eigenvalue weighted by Crippen LogP contribution is -2.43. The molecule has 0 bridgehead atoms. The van der Waals surface area contributed by atoms with Gasteiger partial charge in [-0.25, -0.2) is 4.98 Å². The highest BCUT2D eigenvalue weighted by Gasteiger charge is 2.28. The lowest BCUT2D eigenvalue weighted by Gasteiger charge is -2.31. The minimum Gasteiger partial charge on any atom is -0.353 e. The Morgan fingerprint density at radius 3 is 2.73 bits per heavy atom. The van der Waals surface area contributed by atoms with Crippen molar-refractivity contribution in [2.45, 2.75) is 64.3 Å². The van der Waals surface area contributed by atoms with Crippen LogP contribution in [0.2, 0.25) is 0 Å². The van der Waals surface area contributed by atoms with E-state index in [4.69, 9.17) is 4.98 Å². The van der Waals surface area contributed by atoms with Crippen LogP contribution < -0.4 is 15.8 Å². The van der Waals surface area contributed by atoms with Crippen LogP contribution in [0.3, 0.4) is 0 Å². The van der Waals surface area contributed by atoms with Gasteiger partial charge >= 0.3 is 0 Å². The van der Waals surface area contributed by atoms with E-state index in [-0.39, 0.29) is 23.4 Å². The average molecular weight is 466 g/mol. The molecule has 2 aromatic heterocycles. The third kappa shape index (κ3) is 4.81. The number of aryl methyl sites for hydroxylation is 2. The Morgan fingerprint density at radius 1 is 1.18 bits per heavy atom. The minimum absolute atomic E-state index is 0.00375. The smallest absolute Gasteiger partial charge is 0.278 e. The van der Waals surface area contributed by atoms with Gasteiger partial charge in [0.15, 0.2) is 0 Å². The Bertz CT molecular complexity index is 1180. The summed E-state index contributed by atoms with van der Waals surface area (Å²) >= 11 is 1.48. The fraction of sp³-hybridized carbons (Fsp3) is 0.520. The van der Waals surface area contributed by atoms with Gasteiger partial charge in [-0.2, -0.15) is 4.52 Å². The summed E-state index contributed by atoms with van der Waals surface area (Å²) in [5, 5.41) is 8.64. The van der Waals surface area contributed by atoms with Gasteiger partial charge < -0.3 is 10.2 Å². The van der Waals surface area contributed by atoms with E-state index in [1.54, 1.807) is 0 Å². The van der Waals surface area contributed by atoms with Crippen molar-refractivity contribution >= 4 is 27.3 Å². The summed E-state index contributed by atoms with van der Waals surface area (Å²) in [5.41, 5.74) is 3.10. The van der Waals surface area contributed by atoms with E-state index in [1.807, 2.05) is 6.07 Å². The number of carbonyl (C=O) groups is 1. The normalized spacial score (nSPS) is 17.7. The van der Waals surface area contributed by atoms with Crippen molar-refractivity contribution in [1.82, 2.24) is 19.9 Å². The summed E-state index contributed by atoms with van der Waals surface area (Å²) < 4.78 is 1.48. The van der Waals surface area contributed by atoms with Crippen molar-refractivity contribution in [2.24, 2.45) is 5.92 Å². The van der Waals surface area contributed by atoms with Gasteiger partial charge in [-0.3, -0.25) is 9.59 Å². The monoisotopic (exact) mass is 465 g/mol. The van der Waals surface area contributed by atoms with Gasteiger partial charge in [-0.1, -0.05) is 41.7 Å². The molecule has 3 aromatic rings. The number of nitrogens with zero attached hydrogens (tertiary/aromatic N) is 4. The number of anilines is 1. The fourth-order valence-corrected chi connectivity index (χ4v) is 5.85. The Balaban J connectivity index is 1.17. The summed E-state index contributed by atoms with van der Waals surface area (Å²) in [6, 6.07) is 10.6. The highest BCUT2D eigenvalue weighted by atomic mass is 32.1. The van der Waals surface area contributed by atoms with Crippen LogP contribution in [0.1, 0.15) is 55.8 Å². The quantitative estimate of drug-likeness (QED) is 0.604. The summed E-state index contributed by atoms with van der Waals surface area (Å²) in [6.45, 7) is 3.62. The summed E-state index contributed by atoms with van der Waals surface area (Å²) in [7, 11) is 0. The van der Waals surface area contributed by atoms with Crippen LogP contribution in [0.4, 0.5) is 5.13 Å². The van der Waals surface area contributed by atoms with Crippen LogP contribution in [0.25, 0.3) is 4.96 Å². The van der Waals surface area contributed by atoms with Crippen molar-refractivity contribution in [3.8, 4) is 0 Å². The number of aromatic nitrogens is 3. The molecule has 0 saturated carbocycles. The summed E-state index contributed by atoms with van der Waals surface area (Å²) in [6.07, 6.45) is 7.34. The number of carbonyl (C=O) groups excluding carboxylic acids is 1. The Labute approximate surface area is 197 Å². The zero-order valence-electron chi connectivity index (χ0n) is 19.1. The van der Waals surface area contributed by atoms with E-state index >= 15 is 0 Å². The van der Waals surface area contributed by atoms with Gasteiger partial charge in [0.05, 0.1) is 5.69 Å². The predicted molar refractivity (Wildman–Crippen MR) is 131 cm³/mol. The van der Waals surface area contributed by atoms with Crippen LogP contribution >= 0.6 is 11.3 Å². The van der Waals surface area contributed by atoms with Crippen LogP contribution in [-0.2, 0) is 24.1 Å². The molecule has 0 radical (unpaired) electrons. The number of piperidine rings is 1. The topological polar surface area (TPSA) is 79.6 Å². The summed E-state index contributed by atoms with van der Waals surface area (Å²) in [4.78, 5) is 33.3.